The predicted octanol–water partition coefficient (Wildman–Crippen LogP) is -1.59. The third-order valence-corrected chi connectivity index (χ3v) is 3.85. The number of carboxylic acid groups (broad SMARTS) is 1. The second kappa shape index (κ2) is 5.74. The molecule has 0 aromatic heterocycles. The number of aliphatic hydroxyl groups excluding tert-OH is 1. The van der Waals surface area contributed by atoms with Crippen LogP contribution in [-0.4, -0.2) is 54.3 Å². The molecule has 3 unspecified atom stereocenters. The minimum Gasteiger partial charge on any atom is -0.479 e. The fourth-order valence-electron chi connectivity index (χ4n) is 0.699. The minimum atomic E-state index is -5.35. The first kappa shape index (κ1) is 17.6. The normalized spacial score (nSPS) is 20.8. The number of hydrogen-bond donors (Lipinski definition) is 6. The van der Waals surface area contributed by atoms with Crippen molar-refractivity contribution in [2.24, 2.45) is 0 Å². The number of carboxylic acids is 1. The van der Waals surface area contributed by atoms with Gasteiger partial charge in [0.25, 0.3) is 0 Å². The number of carbonyl (C=O) groups is 1. The lowest BCUT2D eigenvalue weighted by molar-refractivity contribution is -0.175. The molecular formula is C5H12O11P2. The second-order valence-corrected chi connectivity index (χ2v) is 6.05. The average Bonchev–Trinajstić information content (AvgIpc) is 2.09. The van der Waals surface area contributed by atoms with Gasteiger partial charge in [-0.2, -0.15) is 4.31 Å². The van der Waals surface area contributed by atoms with Crippen molar-refractivity contribution in [2.45, 2.75) is 18.6 Å². The maximum Gasteiger partial charge on any atom is 0.481 e. The van der Waals surface area contributed by atoms with Crippen molar-refractivity contribution in [2.75, 3.05) is 6.61 Å². The lowest BCUT2D eigenvalue weighted by Crippen LogP contribution is -2.51. The highest BCUT2D eigenvalue weighted by Crippen LogP contribution is 2.57. The van der Waals surface area contributed by atoms with E-state index in [9.17, 15) is 19.0 Å². The SMILES string of the molecule is CC(O)C(O)(COP(=O)(O)OP(=O)(O)O)C(=O)O. The molecule has 0 radical (unpaired) electrons. The summed E-state index contributed by atoms with van der Waals surface area (Å²) in [6.07, 6.45) is -1.88. The molecule has 13 heteroatoms. The van der Waals surface area contributed by atoms with Crippen LogP contribution in [0, 0.1) is 0 Å². The Hall–Kier alpha value is -0.350. The van der Waals surface area contributed by atoms with Gasteiger partial charge in [0.1, 0.15) is 6.61 Å². The topological polar surface area (TPSA) is 191 Å². The molecule has 3 atom stereocenters. The van der Waals surface area contributed by atoms with E-state index in [0.717, 1.165) is 6.92 Å². The summed E-state index contributed by atoms with van der Waals surface area (Å²) in [4.78, 5) is 35.9. The van der Waals surface area contributed by atoms with Gasteiger partial charge in [-0.3, -0.25) is 4.52 Å². The number of phosphoric ester groups is 1. The summed E-state index contributed by atoms with van der Waals surface area (Å²) in [5.41, 5.74) is -2.93. The van der Waals surface area contributed by atoms with E-state index in [4.69, 9.17) is 24.9 Å². The first-order chi connectivity index (χ1) is 7.80. The van der Waals surface area contributed by atoms with Crippen LogP contribution in [0.5, 0.6) is 0 Å². The van der Waals surface area contributed by atoms with Crippen molar-refractivity contribution < 1.29 is 52.8 Å². The zero-order valence-corrected chi connectivity index (χ0v) is 10.7. The van der Waals surface area contributed by atoms with E-state index in [1.54, 1.807) is 0 Å². The number of phosphoric acid groups is 2. The molecule has 18 heavy (non-hydrogen) atoms. The molecule has 0 amide bonds. The Labute approximate surface area is 100 Å². The van der Waals surface area contributed by atoms with Crippen molar-refractivity contribution >= 4 is 21.6 Å². The van der Waals surface area contributed by atoms with Gasteiger partial charge in [0.05, 0.1) is 6.10 Å². The van der Waals surface area contributed by atoms with E-state index in [1.807, 2.05) is 0 Å². The Kier molecular flexibility index (Phi) is 5.63. The zero-order chi connectivity index (χ0) is 14.8. The van der Waals surface area contributed by atoms with E-state index >= 15 is 0 Å². The monoisotopic (exact) mass is 310 g/mol. The molecule has 0 fully saturated rings. The quantitative estimate of drug-likeness (QED) is 0.297. The molecule has 0 saturated carbocycles. The highest BCUT2D eigenvalue weighted by atomic mass is 31.3. The highest BCUT2D eigenvalue weighted by molar-refractivity contribution is 7.60. The molecule has 0 rings (SSSR count). The molecule has 6 N–H and O–H groups in total. The van der Waals surface area contributed by atoms with Crippen LogP contribution in [0.1, 0.15) is 6.92 Å². The summed E-state index contributed by atoms with van der Waals surface area (Å²) in [5.74, 6) is -1.96. The summed E-state index contributed by atoms with van der Waals surface area (Å²) in [6.45, 7) is -0.558. The van der Waals surface area contributed by atoms with Gasteiger partial charge in [0, 0.05) is 0 Å². The van der Waals surface area contributed by atoms with Gasteiger partial charge in [-0.15, -0.1) is 0 Å². The summed E-state index contributed by atoms with van der Waals surface area (Å²) in [6, 6.07) is 0. The van der Waals surface area contributed by atoms with Crippen LogP contribution in [0.15, 0.2) is 0 Å². The van der Waals surface area contributed by atoms with E-state index < -0.39 is 39.9 Å². The highest BCUT2D eigenvalue weighted by Gasteiger charge is 2.45. The smallest absolute Gasteiger partial charge is 0.479 e. The summed E-state index contributed by atoms with van der Waals surface area (Å²) >= 11 is 0. The third kappa shape index (κ3) is 5.53. The number of rotatable bonds is 7. The molecule has 0 aliphatic carbocycles. The Bertz CT molecular complexity index is 398. The van der Waals surface area contributed by atoms with Gasteiger partial charge >= 0.3 is 21.6 Å². The maximum atomic E-state index is 11.0. The van der Waals surface area contributed by atoms with E-state index in [2.05, 4.69) is 8.83 Å². The van der Waals surface area contributed by atoms with Gasteiger partial charge in [0.15, 0.2) is 0 Å². The molecule has 0 aliphatic heterocycles. The molecule has 0 heterocycles. The predicted molar refractivity (Wildman–Crippen MR) is 53.2 cm³/mol. The molecule has 0 bridgehead atoms. The molecule has 0 spiro atoms. The first-order valence-electron chi connectivity index (χ1n) is 4.18. The molecule has 11 nitrogen and oxygen atoms in total. The maximum absolute atomic E-state index is 11.0. The molecule has 108 valence electrons. The largest absolute Gasteiger partial charge is 0.481 e. The summed E-state index contributed by atoms with van der Waals surface area (Å²) < 4.78 is 28.5. The van der Waals surface area contributed by atoms with E-state index in [1.165, 1.54) is 0 Å². The van der Waals surface area contributed by atoms with Gasteiger partial charge in [-0.05, 0) is 6.92 Å². The van der Waals surface area contributed by atoms with Crippen molar-refractivity contribution in [1.29, 1.82) is 0 Å². The van der Waals surface area contributed by atoms with Crippen LogP contribution in [0.2, 0.25) is 0 Å². The van der Waals surface area contributed by atoms with Crippen molar-refractivity contribution in [1.82, 2.24) is 0 Å². The summed E-state index contributed by atoms with van der Waals surface area (Å²) in [5, 5.41) is 26.9. The van der Waals surface area contributed by atoms with E-state index in [0.29, 0.717) is 0 Å². The van der Waals surface area contributed by atoms with Crippen molar-refractivity contribution in [3.63, 3.8) is 0 Å². The fourth-order valence-corrected chi connectivity index (χ4v) is 2.32. The van der Waals surface area contributed by atoms with Gasteiger partial charge in [-0.25, -0.2) is 13.9 Å². The van der Waals surface area contributed by atoms with Crippen LogP contribution in [0.4, 0.5) is 0 Å². The Morgan fingerprint density at radius 2 is 1.78 bits per heavy atom. The van der Waals surface area contributed by atoms with E-state index in [-0.39, 0.29) is 0 Å². The molecule has 0 saturated heterocycles. The molecular weight excluding hydrogens is 298 g/mol. The standard InChI is InChI=1S/C5H12O11P2/c1-3(6)5(9,4(7)8)2-15-18(13,14)16-17(10,11)12/h3,6,9H,2H2,1H3,(H,7,8)(H,13,14)(H2,10,11,12). The Morgan fingerprint density at radius 3 is 2.06 bits per heavy atom. The van der Waals surface area contributed by atoms with Crippen molar-refractivity contribution in [3.05, 3.63) is 0 Å². The number of aliphatic carboxylic acids is 1. The molecule has 0 aromatic rings. The molecule has 0 aromatic carbocycles. The van der Waals surface area contributed by atoms with Crippen LogP contribution >= 0.6 is 15.6 Å². The summed E-state index contributed by atoms with van der Waals surface area (Å²) in [7, 11) is -10.6. The van der Waals surface area contributed by atoms with Crippen LogP contribution in [0.25, 0.3) is 0 Å². The van der Waals surface area contributed by atoms with Crippen molar-refractivity contribution in [3.8, 4) is 0 Å². The van der Waals surface area contributed by atoms with Gasteiger partial charge in [0.2, 0.25) is 5.60 Å². The minimum absolute atomic E-state index is 0.865. The lowest BCUT2D eigenvalue weighted by Gasteiger charge is -2.26. The van der Waals surface area contributed by atoms with Gasteiger partial charge < -0.3 is 30.0 Å². The average molecular weight is 310 g/mol. The number of aliphatic hydroxyl groups is 2. The van der Waals surface area contributed by atoms with Gasteiger partial charge in [-0.1, -0.05) is 0 Å². The zero-order valence-electron chi connectivity index (χ0n) is 8.90. The lowest BCUT2D eigenvalue weighted by atomic mass is 10.00. The second-order valence-electron chi connectivity index (χ2n) is 3.22. The third-order valence-electron chi connectivity index (χ3n) is 1.72. The Balaban J connectivity index is 4.79. The Morgan fingerprint density at radius 1 is 1.33 bits per heavy atom. The fraction of sp³-hybridized carbons (Fsp3) is 0.800. The molecule has 0 aliphatic rings. The first-order valence-corrected chi connectivity index (χ1v) is 7.21. The van der Waals surface area contributed by atoms with Crippen LogP contribution < -0.4 is 0 Å². The van der Waals surface area contributed by atoms with Crippen LogP contribution in [-0.2, 0) is 22.8 Å². The van der Waals surface area contributed by atoms with Crippen LogP contribution in [0.3, 0.4) is 0 Å². The number of hydrogen-bond acceptors (Lipinski definition) is 7.